The summed E-state index contributed by atoms with van der Waals surface area (Å²) in [5, 5.41) is 18.3. The first-order valence-electron chi connectivity index (χ1n) is 6.01. The molecule has 0 spiro atoms. The Morgan fingerprint density at radius 3 is 1.71 bits per heavy atom. The minimum absolute atomic E-state index is 0.322. The van der Waals surface area contributed by atoms with E-state index in [0.29, 0.717) is 11.7 Å². The van der Waals surface area contributed by atoms with Crippen molar-refractivity contribution in [1.82, 2.24) is 0 Å². The van der Waals surface area contributed by atoms with Crippen LogP contribution in [0.3, 0.4) is 0 Å². The zero-order valence-corrected chi connectivity index (χ0v) is 8.65. The van der Waals surface area contributed by atoms with E-state index in [0.717, 1.165) is 17.8 Å². The summed E-state index contributed by atoms with van der Waals surface area (Å²) in [5.41, 5.74) is 0.322. The first-order chi connectivity index (χ1) is 6.65. The van der Waals surface area contributed by atoms with Gasteiger partial charge in [-0.3, -0.25) is 0 Å². The van der Waals surface area contributed by atoms with Gasteiger partial charge in [-0.25, -0.2) is 0 Å². The molecule has 2 nitrogen and oxygen atoms in total. The highest BCUT2D eigenvalue weighted by atomic mass is 16.4. The van der Waals surface area contributed by atoms with E-state index in [1.807, 2.05) is 0 Å². The molecule has 4 saturated carbocycles. The third-order valence-electron chi connectivity index (χ3n) is 4.78. The van der Waals surface area contributed by atoms with Crippen LogP contribution >= 0.6 is 0 Å². The van der Waals surface area contributed by atoms with Gasteiger partial charge in [0.25, 0.3) is 0 Å². The van der Waals surface area contributed by atoms with Crippen molar-refractivity contribution < 1.29 is 10.0 Å². The second kappa shape index (κ2) is 2.99. The third kappa shape index (κ3) is 1.41. The Morgan fingerprint density at radius 2 is 1.36 bits per heavy atom. The van der Waals surface area contributed by atoms with Crippen molar-refractivity contribution in [3.05, 3.63) is 0 Å². The van der Waals surface area contributed by atoms with Crippen LogP contribution in [0.5, 0.6) is 0 Å². The van der Waals surface area contributed by atoms with Gasteiger partial charge in [0.1, 0.15) is 0 Å². The Balaban J connectivity index is 1.80. The number of hydrogen-bond acceptors (Lipinski definition) is 2. The average Bonchev–Trinajstić information content (AvgIpc) is 1.96. The Bertz CT molecular complexity index is 198. The fourth-order valence-electron chi connectivity index (χ4n) is 4.93. The summed E-state index contributed by atoms with van der Waals surface area (Å²) in [5.74, 6) is 2.75. The summed E-state index contributed by atoms with van der Waals surface area (Å²) >= 11 is 0. The predicted molar refractivity (Wildman–Crippen MR) is 55.6 cm³/mol. The second-order valence-electron chi connectivity index (χ2n) is 6.10. The van der Waals surface area contributed by atoms with Gasteiger partial charge in [0.05, 0.1) is 0 Å². The first-order valence-corrected chi connectivity index (χ1v) is 6.01. The fraction of sp³-hybridized carbons (Fsp3) is 1.00. The monoisotopic (exact) mass is 194 g/mol. The lowest BCUT2D eigenvalue weighted by atomic mass is 9.46. The molecule has 4 rings (SSSR count). The SMILES string of the molecule is OB(O)CC12CC3CC(CC(C3)C1)C2. The number of hydrogen-bond donors (Lipinski definition) is 2. The van der Waals surface area contributed by atoms with Gasteiger partial charge in [0.15, 0.2) is 0 Å². The van der Waals surface area contributed by atoms with Gasteiger partial charge < -0.3 is 10.0 Å². The largest absolute Gasteiger partial charge is 0.451 e. The van der Waals surface area contributed by atoms with E-state index in [4.69, 9.17) is 10.0 Å². The highest BCUT2D eigenvalue weighted by Gasteiger charge is 2.51. The Morgan fingerprint density at radius 1 is 0.929 bits per heavy atom. The van der Waals surface area contributed by atoms with Gasteiger partial charge >= 0.3 is 7.12 Å². The first kappa shape index (κ1) is 9.23. The molecule has 0 aromatic carbocycles. The summed E-state index contributed by atoms with van der Waals surface area (Å²) in [7, 11) is -1.08. The van der Waals surface area contributed by atoms with Gasteiger partial charge in [-0.2, -0.15) is 0 Å². The van der Waals surface area contributed by atoms with E-state index in [2.05, 4.69) is 0 Å². The molecule has 4 fully saturated rings. The maximum atomic E-state index is 9.17. The molecule has 4 aliphatic carbocycles. The molecule has 0 unspecified atom stereocenters. The van der Waals surface area contributed by atoms with Gasteiger partial charge in [0.2, 0.25) is 0 Å². The molecule has 4 aliphatic rings. The van der Waals surface area contributed by atoms with Crippen molar-refractivity contribution in [3.63, 3.8) is 0 Å². The highest BCUT2D eigenvalue weighted by molar-refractivity contribution is 6.41. The topological polar surface area (TPSA) is 40.5 Å². The van der Waals surface area contributed by atoms with Crippen molar-refractivity contribution >= 4 is 7.12 Å². The molecule has 2 N–H and O–H groups in total. The average molecular weight is 194 g/mol. The Kier molecular flexibility index (Phi) is 1.97. The Hall–Kier alpha value is -0.0151. The van der Waals surface area contributed by atoms with Gasteiger partial charge in [-0.1, -0.05) is 0 Å². The van der Waals surface area contributed by atoms with Crippen molar-refractivity contribution in [2.45, 2.75) is 44.8 Å². The normalized spacial score (nSPS) is 49.7. The van der Waals surface area contributed by atoms with Crippen LogP contribution in [0.4, 0.5) is 0 Å². The van der Waals surface area contributed by atoms with E-state index in [1.165, 1.54) is 38.5 Å². The molecule has 78 valence electrons. The summed E-state index contributed by atoms with van der Waals surface area (Å²) < 4.78 is 0. The minimum Gasteiger partial charge on any atom is -0.427 e. The molecular formula is C11H19BO2. The lowest BCUT2D eigenvalue weighted by Gasteiger charge is -2.57. The van der Waals surface area contributed by atoms with Crippen LogP contribution in [0.15, 0.2) is 0 Å². The predicted octanol–water partition coefficient (Wildman–Crippen LogP) is 1.68. The number of rotatable bonds is 2. The molecule has 0 radical (unpaired) electrons. The molecule has 14 heavy (non-hydrogen) atoms. The molecule has 0 heterocycles. The molecule has 4 bridgehead atoms. The van der Waals surface area contributed by atoms with Crippen molar-refractivity contribution in [2.24, 2.45) is 23.2 Å². The zero-order valence-electron chi connectivity index (χ0n) is 8.65. The summed E-state index contributed by atoms with van der Waals surface area (Å²) in [6.07, 6.45) is 8.75. The fourth-order valence-corrected chi connectivity index (χ4v) is 4.93. The van der Waals surface area contributed by atoms with Crippen LogP contribution in [-0.2, 0) is 0 Å². The minimum atomic E-state index is -1.08. The van der Waals surface area contributed by atoms with Crippen LogP contribution in [-0.4, -0.2) is 17.2 Å². The molecule has 0 amide bonds. The van der Waals surface area contributed by atoms with Crippen LogP contribution in [0.1, 0.15) is 38.5 Å². The maximum absolute atomic E-state index is 9.17. The Labute approximate surface area is 85.9 Å². The van der Waals surface area contributed by atoms with Crippen molar-refractivity contribution in [2.75, 3.05) is 0 Å². The molecule has 3 heteroatoms. The zero-order chi connectivity index (χ0) is 9.76. The van der Waals surface area contributed by atoms with Crippen molar-refractivity contribution in [1.29, 1.82) is 0 Å². The van der Waals surface area contributed by atoms with Gasteiger partial charge in [-0.05, 0) is 68.0 Å². The summed E-state index contributed by atoms with van der Waals surface area (Å²) in [4.78, 5) is 0. The van der Waals surface area contributed by atoms with Crippen LogP contribution in [0.25, 0.3) is 0 Å². The molecule has 0 atom stereocenters. The van der Waals surface area contributed by atoms with E-state index in [1.54, 1.807) is 0 Å². The van der Waals surface area contributed by atoms with Crippen LogP contribution < -0.4 is 0 Å². The molecule has 0 aromatic heterocycles. The van der Waals surface area contributed by atoms with E-state index in [-0.39, 0.29) is 0 Å². The lowest BCUT2D eigenvalue weighted by Crippen LogP contribution is -2.47. The summed E-state index contributed by atoms with van der Waals surface area (Å²) in [6.45, 7) is 0. The molecule has 0 aliphatic heterocycles. The summed E-state index contributed by atoms with van der Waals surface area (Å²) in [6, 6.07) is 0. The lowest BCUT2D eigenvalue weighted by molar-refractivity contribution is -0.0439. The second-order valence-corrected chi connectivity index (χ2v) is 6.10. The van der Waals surface area contributed by atoms with Crippen LogP contribution in [0, 0.1) is 23.2 Å². The smallest absolute Gasteiger partial charge is 0.427 e. The molecule has 0 saturated heterocycles. The molecule has 0 aromatic rings. The highest BCUT2D eigenvalue weighted by Crippen LogP contribution is 2.61. The van der Waals surface area contributed by atoms with Crippen LogP contribution in [0.2, 0.25) is 6.32 Å². The van der Waals surface area contributed by atoms with E-state index in [9.17, 15) is 0 Å². The van der Waals surface area contributed by atoms with E-state index < -0.39 is 7.12 Å². The third-order valence-corrected chi connectivity index (χ3v) is 4.78. The quantitative estimate of drug-likeness (QED) is 0.656. The van der Waals surface area contributed by atoms with E-state index >= 15 is 0 Å². The van der Waals surface area contributed by atoms with Gasteiger partial charge in [-0.15, -0.1) is 0 Å². The maximum Gasteiger partial charge on any atom is 0.451 e. The van der Waals surface area contributed by atoms with Crippen molar-refractivity contribution in [3.8, 4) is 0 Å². The molecular weight excluding hydrogens is 175 g/mol. The van der Waals surface area contributed by atoms with Gasteiger partial charge in [0, 0.05) is 0 Å². The standard InChI is InChI=1S/C11H19BO2/c13-12(14)7-11-4-8-1-9(5-11)3-10(2-8)6-11/h8-10,13-14H,1-7H2.